The lowest BCUT2D eigenvalue weighted by molar-refractivity contribution is -0.129. The van der Waals surface area contributed by atoms with E-state index >= 15 is 0 Å². The molecule has 3 aliphatic heterocycles. The van der Waals surface area contributed by atoms with Crippen LogP contribution in [-0.2, 0) is 16.0 Å². The number of urea groups is 1. The van der Waals surface area contributed by atoms with E-state index < -0.39 is 0 Å². The summed E-state index contributed by atoms with van der Waals surface area (Å²) in [5, 5.41) is 5.53. The first-order valence-electron chi connectivity index (χ1n) is 11.3. The fourth-order valence-electron chi connectivity index (χ4n) is 4.74. The Morgan fingerprint density at radius 1 is 1.12 bits per heavy atom. The van der Waals surface area contributed by atoms with Gasteiger partial charge in [-0.3, -0.25) is 4.79 Å². The molecule has 2 saturated heterocycles. The molecule has 0 saturated carbocycles. The summed E-state index contributed by atoms with van der Waals surface area (Å²) in [5.74, 6) is 1.84. The lowest BCUT2D eigenvalue weighted by Gasteiger charge is -2.36. The maximum absolute atomic E-state index is 12.3. The molecule has 1 atom stereocenters. The van der Waals surface area contributed by atoms with E-state index in [-0.39, 0.29) is 18.0 Å². The fourth-order valence-corrected chi connectivity index (χ4v) is 4.74. The Kier molecular flexibility index (Phi) is 5.65. The topological polar surface area (TPSA) is 99.7 Å². The predicted octanol–water partition coefficient (Wildman–Crippen LogP) is 2.34. The van der Waals surface area contributed by atoms with Crippen LogP contribution in [0.4, 0.5) is 16.3 Å². The largest absolute Gasteiger partial charge is 0.378 e. The van der Waals surface area contributed by atoms with E-state index in [0.717, 1.165) is 49.6 Å². The average Bonchev–Trinajstić information content (AvgIpc) is 3.21. The van der Waals surface area contributed by atoms with Crippen molar-refractivity contribution >= 4 is 23.4 Å². The number of nitrogens with zero attached hydrogens (tertiary/aromatic N) is 4. The van der Waals surface area contributed by atoms with Gasteiger partial charge >= 0.3 is 6.03 Å². The van der Waals surface area contributed by atoms with Gasteiger partial charge in [0.2, 0.25) is 5.91 Å². The summed E-state index contributed by atoms with van der Waals surface area (Å²) in [7, 11) is 0. The van der Waals surface area contributed by atoms with Crippen LogP contribution in [-0.4, -0.2) is 66.2 Å². The van der Waals surface area contributed by atoms with Crippen LogP contribution in [0.5, 0.6) is 0 Å². The smallest absolute Gasteiger partial charge is 0.319 e. The van der Waals surface area contributed by atoms with E-state index in [9.17, 15) is 9.59 Å². The molecule has 2 fully saturated rings. The molecule has 1 aromatic heterocycles. The number of amides is 3. The van der Waals surface area contributed by atoms with Crippen LogP contribution < -0.4 is 15.5 Å². The van der Waals surface area contributed by atoms with E-state index in [4.69, 9.17) is 14.7 Å². The summed E-state index contributed by atoms with van der Waals surface area (Å²) in [5.41, 5.74) is 3.74. The van der Waals surface area contributed by atoms with Crippen LogP contribution >= 0.6 is 0 Å². The van der Waals surface area contributed by atoms with E-state index in [1.54, 1.807) is 0 Å². The number of aromatic nitrogens is 2. The van der Waals surface area contributed by atoms with Crippen molar-refractivity contribution in [3.05, 3.63) is 35.5 Å². The maximum atomic E-state index is 12.3. The second-order valence-electron chi connectivity index (χ2n) is 8.29. The van der Waals surface area contributed by atoms with Gasteiger partial charge in [-0.05, 0) is 44.0 Å². The molecule has 0 bridgehead atoms. The number of hydrogen-bond donors (Lipinski definition) is 2. The summed E-state index contributed by atoms with van der Waals surface area (Å²) < 4.78 is 5.55. The monoisotopic (exact) mass is 436 g/mol. The summed E-state index contributed by atoms with van der Waals surface area (Å²) in [6, 6.07) is 7.36. The van der Waals surface area contributed by atoms with Gasteiger partial charge in [0.05, 0.1) is 24.9 Å². The molecule has 9 nitrogen and oxygen atoms in total. The Morgan fingerprint density at radius 2 is 1.91 bits per heavy atom. The zero-order valence-corrected chi connectivity index (χ0v) is 18.3. The number of ether oxygens (including phenoxy) is 1. The van der Waals surface area contributed by atoms with Crippen molar-refractivity contribution in [2.75, 3.05) is 49.6 Å². The van der Waals surface area contributed by atoms with Crippen molar-refractivity contribution in [3.63, 3.8) is 0 Å². The van der Waals surface area contributed by atoms with Crippen molar-refractivity contribution in [3.8, 4) is 11.4 Å². The third-order valence-corrected chi connectivity index (χ3v) is 6.31. The quantitative estimate of drug-likeness (QED) is 0.763. The Hall–Kier alpha value is -3.20. The van der Waals surface area contributed by atoms with Crippen molar-refractivity contribution in [2.45, 2.75) is 32.2 Å². The van der Waals surface area contributed by atoms with Gasteiger partial charge < -0.3 is 25.2 Å². The lowest BCUT2D eigenvalue weighted by atomic mass is 9.97. The molecule has 0 spiro atoms. The van der Waals surface area contributed by atoms with Crippen LogP contribution in [0.1, 0.15) is 37.1 Å². The summed E-state index contributed by atoms with van der Waals surface area (Å²) in [6.45, 7) is 6.14. The highest BCUT2D eigenvalue weighted by Gasteiger charge is 2.39. The molecular weight excluding hydrogens is 408 g/mol. The Labute approximate surface area is 187 Å². The first-order chi connectivity index (χ1) is 15.6. The highest BCUT2D eigenvalue weighted by Crippen LogP contribution is 2.41. The number of carbonyl (C=O) groups is 2. The van der Waals surface area contributed by atoms with E-state index in [1.807, 2.05) is 36.1 Å². The number of fused-ring (bicyclic) bond motifs is 3. The van der Waals surface area contributed by atoms with Gasteiger partial charge in [-0.15, -0.1) is 0 Å². The molecule has 1 aromatic carbocycles. The molecular formula is C23H28N6O3. The molecule has 32 heavy (non-hydrogen) atoms. The first kappa shape index (κ1) is 20.7. The second kappa shape index (κ2) is 8.74. The Bertz CT molecular complexity index is 1020. The lowest BCUT2D eigenvalue weighted by Crippen LogP contribution is -2.40. The highest BCUT2D eigenvalue weighted by atomic mass is 16.5. The van der Waals surface area contributed by atoms with Gasteiger partial charge in [0, 0.05) is 49.4 Å². The van der Waals surface area contributed by atoms with Crippen molar-refractivity contribution in [1.29, 1.82) is 0 Å². The molecule has 0 aliphatic carbocycles. The van der Waals surface area contributed by atoms with Crippen molar-refractivity contribution in [2.24, 2.45) is 0 Å². The van der Waals surface area contributed by atoms with Crippen LogP contribution in [0.25, 0.3) is 11.4 Å². The zero-order chi connectivity index (χ0) is 22.1. The average molecular weight is 437 g/mol. The summed E-state index contributed by atoms with van der Waals surface area (Å²) >= 11 is 0. The molecule has 168 valence electrons. The van der Waals surface area contributed by atoms with Crippen LogP contribution in [0.3, 0.4) is 0 Å². The number of nitrogens with one attached hydrogen (secondary N) is 2. The van der Waals surface area contributed by atoms with Gasteiger partial charge in [-0.25, -0.2) is 14.8 Å². The normalized spacial score (nSPS) is 20.0. The Balaban J connectivity index is 1.51. The SMILES string of the molecule is CCNC(=O)Nc1ccc(-c2nc3c(c(N4CCOCC4)n2)CCN2C(=O)CC[C@H]32)cc1. The van der Waals surface area contributed by atoms with Crippen LogP contribution in [0, 0.1) is 0 Å². The molecule has 0 unspecified atom stereocenters. The molecule has 4 heterocycles. The molecule has 2 aromatic rings. The minimum Gasteiger partial charge on any atom is -0.378 e. The van der Waals surface area contributed by atoms with Crippen molar-refractivity contribution < 1.29 is 14.3 Å². The first-order valence-corrected chi connectivity index (χ1v) is 11.3. The number of rotatable bonds is 4. The molecule has 2 N–H and O–H groups in total. The third-order valence-electron chi connectivity index (χ3n) is 6.31. The number of anilines is 2. The zero-order valence-electron chi connectivity index (χ0n) is 18.3. The number of benzene rings is 1. The molecule has 0 radical (unpaired) electrons. The second-order valence-corrected chi connectivity index (χ2v) is 8.29. The fraction of sp³-hybridized carbons (Fsp3) is 0.478. The summed E-state index contributed by atoms with van der Waals surface area (Å²) in [4.78, 5) is 38.4. The minimum absolute atomic E-state index is 0.0338. The third kappa shape index (κ3) is 3.88. The van der Waals surface area contributed by atoms with E-state index in [0.29, 0.717) is 37.7 Å². The van der Waals surface area contributed by atoms with Gasteiger partial charge in [0.1, 0.15) is 5.82 Å². The number of carbonyl (C=O) groups excluding carboxylic acids is 2. The minimum atomic E-state index is -0.231. The van der Waals surface area contributed by atoms with E-state index in [1.165, 1.54) is 5.56 Å². The molecule has 3 amide bonds. The van der Waals surface area contributed by atoms with Gasteiger partial charge in [-0.1, -0.05) is 0 Å². The van der Waals surface area contributed by atoms with Crippen LogP contribution in [0.15, 0.2) is 24.3 Å². The molecule has 9 heteroatoms. The number of morpholine rings is 1. The number of hydrogen-bond acceptors (Lipinski definition) is 6. The molecule has 5 rings (SSSR count). The van der Waals surface area contributed by atoms with E-state index in [2.05, 4.69) is 15.5 Å². The summed E-state index contributed by atoms with van der Waals surface area (Å²) in [6.07, 6.45) is 2.16. The standard InChI is InChI=1S/C23H28N6O3/c1-2-24-23(31)25-16-5-3-15(4-6-16)21-26-20-17(9-10-29-18(20)7-8-19(29)30)22(27-21)28-11-13-32-14-12-28/h3-6,18H,2,7-14H2,1H3,(H2,24,25,31)/t18-/m1/s1. The highest BCUT2D eigenvalue weighted by molar-refractivity contribution is 5.89. The van der Waals surface area contributed by atoms with Gasteiger partial charge in [-0.2, -0.15) is 0 Å². The molecule has 3 aliphatic rings. The predicted molar refractivity (Wildman–Crippen MR) is 121 cm³/mol. The Morgan fingerprint density at radius 3 is 2.66 bits per heavy atom. The van der Waals surface area contributed by atoms with Crippen LogP contribution in [0.2, 0.25) is 0 Å². The maximum Gasteiger partial charge on any atom is 0.319 e. The van der Waals surface area contributed by atoms with Gasteiger partial charge in [0.25, 0.3) is 0 Å². The van der Waals surface area contributed by atoms with Gasteiger partial charge in [0.15, 0.2) is 5.82 Å². The van der Waals surface area contributed by atoms with Crippen molar-refractivity contribution in [1.82, 2.24) is 20.2 Å².